The zero-order valence-corrected chi connectivity index (χ0v) is 11.8. The fraction of sp³-hybridized carbons (Fsp3) is 0.235. The number of H-pyrrole nitrogens is 1. The number of rotatable bonds is 1. The topological polar surface area (TPSA) is 28.7 Å². The van der Waals surface area contributed by atoms with Crippen LogP contribution >= 0.6 is 0 Å². The lowest BCUT2D eigenvalue weighted by Gasteiger charge is -2.05. The van der Waals surface area contributed by atoms with Gasteiger partial charge in [-0.1, -0.05) is 24.3 Å². The fourth-order valence-electron chi connectivity index (χ4n) is 2.61. The number of aryl methyl sites for hydroxylation is 3. The van der Waals surface area contributed by atoms with Gasteiger partial charge in [-0.05, 0) is 56.0 Å². The van der Waals surface area contributed by atoms with Crippen molar-refractivity contribution < 1.29 is 0 Å². The lowest BCUT2D eigenvalue weighted by atomic mass is 10.0. The first kappa shape index (κ1) is 12.0. The van der Waals surface area contributed by atoms with E-state index in [2.05, 4.69) is 63.0 Å². The van der Waals surface area contributed by atoms with Crippen LogP contribution in [0.5, 0.6) is 0 Å². The van der Waals surface area contributed by atoms with Gasteiger partial charge in [0.2, 0.25) is 0 Å². The molecule has 0 aliphatic carbocycles. The minimum Gasteiger partial charge on any atom is -0.338 e. The summed E-state index contributed by atoms with van der Waals surface area (Å²) in [6, 6.07) is 10.7. The SMILES string of the molecule is Cc1cc(C)c2nc(-c3cccc(C)c3C)[nH]c2c1. The number of aromatic nitrogens is 2. The molecule has 2 heteroatoms. The van der Waals surface area contributed by atoms with E-state index in [0.29, 0.717) is 0 Å². The summed E-state index contributed by atoms with van der Waals surface area (Å²) in [6.07, 6.45) is 0. The monoisotopic (exact) mass is 250 g/mol. The molecule has 0 fully saturated rings. The van der Waals surface area contributed by atoms with Crippen LogP contribution < -0.4 is 0 Å². The van der Waals surface area contributed by atoms with E-state index in [9.17, 15) is 0 Å². The molecule has 1 N–H and O–H groups in total. The van der Waals surface area contributed by atoms with Gasteiger partial charge in [0, 0.05) is 5.56 Å². The van der Waals surface area contributed by atoms with Crippen LogP contribution in [0, 0.1) is 27.7 Å². The first-order valence-corrected chi connectivity index (χ1v) is 6.60. The molecule has 0 amide bonds. The number of nitrogens with one attached hydrogen (secondary N) is 1. The van der Waals surface area contributed by atoms with E-state index >= 15 is 0 Å². The van der Waals surface area contributed by atoms with Crippen molar-refractivity contribution in [3.8, 4) is 11.4 Å². The van der Waals surface area contributed by atoms with Gasteiger partial charge in [-0.15, -0.1) is 0 Å². The molecule has 0 saturated carbocycles. The van der Waals surface area contributed by atoms with Crippen molar-refractivity contribution in [3.63, 3.8) is 0 Å². The number of nitrogens with zero attached hydrogens (tertiary/aromatic N) is 1. The lowest BCUT2D eigenvalue weighted by molar-refractivity contribution is 1.27. The van der Waals surface area contributed by atoms with E-state index < -0.39 is 0 Å². The van der Waals surface area contributed by atoms with Gasteiger partial charge in [0.25, 0.3) is 0 Å². The van der Waals surface area contributed by atoms with Crippen molar-refractivity contribution in [2.24, 2.45) is 0 Å². The second-order valence-electron chi connectivity index (χ2n) is 5.31. The summed E-state index contributed by atoms with van der Waals surface area (Å²) in [4.78, 5) is 8.22. The number of hydrogen-bond acceptors (Lipinski definition) is 1. The van der Waals surface area contributed by atoms with E-state index in [4.69, 9.17) is 4.98 Å². The molecule has 19 heavy (non-hydrogen) atoms. The molecule has 0 saturated heterocycles. The Balaban J connectivity index is 2.26. The van der Waals surface area contributed by atoms with Gasteiger partial charge >= 0.3 is 0 Å². The maximum atomic E-state index is 4.77. The van der Waals surface area contributed by atoms with Crippen LogP contribution in [-0.4, -0.2) is 9.97 Å². The summed E-state index contributed by atoms with van der Waals surface area (Å²) in [6.45, 7) is 8.51. The van der Waals surface area contributed by atoms with Crippen molar-refractivity contribution in [1.82, 2.24) is 9.97 Å². The Kier molecular flexibility index (Phi) is 2.67. The van der Waals surface area contributed by atoms with Crippen LogP contribution in [0.2, 0.25) is 0 Å². The Morgan fingerprint density at radius 1 is 0.947 bits per heavy atom. The molecule has 0 atom stereocenters. The minimum atomic E-state index is 0.963. The molecule has 3 rings (SSSR count). The van der Waals surface area contributed by atoms with Gasteiger partial charge in [-0.25, -0.2) is 4.98 Å². The van der Waals surface area contributed by atoms with Crippen LogP contribution in [-0.2, 0) is 0 Å². The molecule has 0 radical (unpaired) electrons. The summed E-state index contributed by atoms with van der Waals surface area (Å²) < 4.78 is 0. The second kappa shape index (κ2) is 4.23. The summed E-state index contributed by atoms with van der Waals surface area (Å²) in [5.41, 5.74) is 8.45. The number of benzene rings is 2. The number of hydrogen-bond donors (Lipinski definition) is 1. The van der Waals surface area contributed by atoms with Crippen molar-refractivity contribution in [1.29, 1.82) is 0 Å². The van der Waals surface area contributed by atoms with Crippen LogP contribution in [0.15, 0.2) is 30.3 Å². The predicted octanol–water partition coefficient (Wildman–Crippen LogP) is 4.46. The largest absolute Gasteiger partial charge is 0.338 e. The third kappa shape index (κ3) is 1.93. The Morgan fingerprint density at radius 2 is 1.74 bits per heavy atom. The van der Waals surface area contributed by atoms with Crippen LogP contribution in [0.3, 0.4) is 0 Å². The van der Waals surface area contributed by atoms with Gasteiger partial charge in [0.1, 0.15) is 5.82 Å². The number of aromatic amines is 1. The standard InChI is InChI=1S/C17H18N2/c1-10-8-12(3)16-15(9-10)18-17(19-16)14-7-5-6-11(2)13(14)4/h5-9H,1-4H3,(H,18,19). The average molecular weight is 250 g/mol. The van der Waals surface area contributed by atoms with Crippen LogP contribution in [0.25, 0.3) is 22.4 Å². The summed E-state index contributed by atoms with van der Waals surface area (Å²) in [7, 11) is 0. The summed E-state index contributed by atoms with van der Waals surface area (Å²) in [5, 5.41) is 0. The Morgan fingerprint density at radius 3 is 2.53 bits per heavy atom. The second-order valence-corrected chi connectivity index (χ2v) is 5.31. The van der Waals surface area contributed by atoms with E-state index in [1.807, 2.05) is 0 Å². The lowest BCUT2D eigenvalue weighted by Crippen LogP contribution is -1.88. The maximum Gasteiger partial charge on any atom is 0.138 e. The molecule has 3 aromatic rings. The molecule has 96 valence electrons. The Hall–Kier alpha value is -2.09. The molecule has 2 nitrogen and oxygen atoms in total. The van der Waals surface area contributed by atoms with Crippen LogP contribution in [0.4, 0.5) is 0 Å². The van der Waals surface area contributed by atoms with E-state index in [-0.39, 0.29) is 0 Å². The molecule has 0 spiro atoms. The fourth-order valence-corrected chi connectivity index (χ4v) is 2.61. The predicted molar refractivity (Wildman–Crippen MR) is 80.5 cm³/mol. The highest BCUT2D eigenvalue weighted by Crippen LogP contribution is 2.27. The van der Waals surface area contributed by atoms with Gasteiger partial charge in [-0.3, -0.25) is 0 Å². The average Bonchev–Trinajstić information content (AvgIpc) is 2.76. The zero-order chi connectivity index (χ0) is 13.6. The summed E-state index contributed by atoms with van der Waals surface area (Å²) >= 11 is 0. The first-order valence-electron chi connectivity index (χ1n) is 6.60. The quantitative estimate of drug-likeness (QED) is 0.678. The van der Waals surface area contributed by atoms with Crippen molar-refractivity contribution in [3.05, 3.63) is 52.6 Å². The maximum absolute atomic E-state index is 4.77. The summed E-state index contributed by atoms with van der Waals surface area (Å²) in [5.74, 6) is 0.963. The highest BCUT2D eigenvalue weighted by atomic mass is 14.9. The smallest absolute Gasteiger partial charge is 0.138 e. The molecule has 0 aliphatic heterocycles. The van der Waals surface area contributed by atoms with Crippen LogP contribution in [0.1, 0.15) is 22.3 Å². The van der Waals surface area contributed by atoms with Gasteiger partial charge in [-0.2, -0.15) is 0 Å². The Bertz CT molecular complexity index is 766. The molecule has 0 aliphatic rings. The Labute approximate surface area is 113 Å². The zero-order valence-electron chi connectivity index (χ0n) is 11.8. The van der Waals surface area contributed by atoms with E-state index in [1.165, 1.54) is 27.8 Å². The normalized spacial score (nSPS) is 11.2. The minimum absolute atomic E-state index is 0.963. The highest BCUT2D eigenvalue weighted by Gasteiger charge is 2.10. The molecular formula is C17H18N2. The van der Waals surface area contributed by atoms with E-state index in [1.54, 1.807) is 0 Å². The van der Waals surface area contributed by atoms with Gasteiger partial charge < -0.3 is 4.98 Å². The molecule has 2 aromatic carbocycles. The third-order valence-corrected chi connectivity index (χ3v) is 3.78. The van der Waals surface area contributed by atoms with Crippen molar-refractivity contribution in [2.45, 2.75) is 27.7 Å². The molecular weight excluding hydrogens is 232 g/mol. The molecule has 0 bridgehead atoms. The van der Waals surface area contributed by atoms with Gasteiger partial charge in [0.15, 0.2) is 0 Å². The van der Waals surface area contributed by atoms with Crippen molar-refractivity contribution >= 4 is 11.0 Å². The van der Waals surface area contributed by atoms with Gasteiger partial charge in [0.05, 0.1) is 11.0 Å². The van der Waals surface area contributed by atoms with Crippen molar-refractivity contribution in [2.75, 3.05) is 0 Å². The van der Waals surface area contributed by atoms with E-state index in [0.717, 1.165) is 16.9 Å². The first-order chi connectivity index (χ1) is 9.06. The third-order valence-electron chi connectivity index (χ3n) is 3.78. The molecule has 1 aromatic heterocycles. The molecule has 1 heterocycles. The number of fused-ring (bicyclic) bond motifs is 1. The highest BCUT2D eigenvalue weighted by molar-refractivity contribution is 5.83. The number of imidazole rings is 1. The molecule has 0 unspecified atom stereocenters.